The Morgan fingerprint density at radius 3 is 2.66 bits per heavy atom. The van der Waals surface area contributed by atoms with Crippen LogP contribution in [0.2, 0.25) is 0 Å². The van der Waals surface area contributed by atoms with E-state index in [-0.39, 0.29) is 0 Å². The number of aromatic nitrogens is 4. The summed E-state index contributed by atoms with van der Waals surface area (Å²) >= 11 is 0. The van der Waals surface area contributed by atoms with Gasteiger partial charge in [-0.1, -0.05) is 13.0 Å². The number of benzene rings is 1. The van der Waals surface area contributed by atoms with Crippen LogP contribution in [-0.2, 0) is 6.42 Å². The summed E-state index contributed by atoms with van der Waals surface area (Å²) in [7, 11) is 4.32. The number of fused-ring (bicyclic) bond motifs is 1. The maximum Gasteiger partial charge on any atom is 0.233 e. The molecule has 0 unspecified atom stereocenters. The number of nitrogens with one attached hydrogen (secondary N) is 2. The third kappa shape index (κ3) is 4.27. The van der Waals surface area contributed by atoms with Crippen LogP contribution in [0.15, 0.2) is 30.5 Å². The molecule has 4 N–H and O–H groups in total. The van der Waals surface area contributed by atoms with Gasteiger partial charge in [-0.25, -0.2) is 0 Å². The summed E-state index contributed by atoms with van der Waals surface area (Å²) in [5, 5.41) is 11.4. The van der Waals surface area contributed by atoms with Crippen LogP contribution in [0.4, 0.5) is 23.3 Å². The number of aryl methyl sites for hydroxylation is 1. The Morgan fingerprint density at radius 1 is 1.17 bits per heavy atom. The van der Waals surface area contributed by atoms with Crippen molar-refractivity contribution >= 4 is 28.9 Å². The van der Waals surface area contributed by atoms with E-state index in [1.807, 2.05) is 30.5 Å². The van der Waals surface area contributed by atoms with Gasteiger partial charge in [-0.15, -0.1) is 0 Å². The molecule has 0 spiro atoms. The molecule has 3 aromatic rings. The van der Waals surface area contributed by atoms with E-state index in [1.54, 1.807) is 4.52 Å². The van der Waals surface area contributed by atoms with E-state index in [1.165, 1.54) is 12.8 Å². The molecule has 0 amide bonds. The van der Waals surface area contributed by atoms with Crippen LogP contribution < -0.4 is 16.4 Å². The Morgan fingerprint density at radius 2 is 1.97 bits per heavy atom. The molecule has 29 heavy (non-hydrogen) atoms. The van der Waals surface area contributed by atoms with E-state index < -0.39 is 0 Å². The standard InChI is InChI=1S/C21H30N8/c1-4-14-13-23-29-19(14)26-20(24-16-8-10-18(11-9-16)28(2)3)27-21(29)25-17-7-5-6-15(22)12-17/h5-7,12-13,16,18H,4,8-11,22H2,1-3H3,(H2,24,25,26,27)/t16-,18-. The normalized spacial score (nSPS) is 19.6. The molecule has 2 aromatic heterocycles. The predicted octanol–water partition coefficient (Wildman–Crippen LogP) is 3.30. The zero-order chi connectivity index (χ0) is 20.4. The van der Waals surface area contributed by atoms with Crippen LogP contribution in [0.25, 0.3) is 5.65 Å². The van der Waals surface area contributed by atoms with E-state index in [0.717, 1.165) is 36.2 Å². The third-order valence-electron chi connectivity index (χ3n) is 5.73. The molecule has 154 valence electrons. The minimum Gasteiger partial charge on any atom is -0.399 e. The zero-order valence-corrected chi connectivity index (χ0v) is 17.4. The van der Waals surface area contributed by atoms with E-state index in [0.29, 0.717) is 29.7 Å². The lowest BCUT2D eigenvalue weighted by Gasteiger charge is -2.33. The molecule has 0 atom stereocenters. The smallest absolute Gasteiger partial charge is 0.233 e. The molecule has 0 bridgehead atoms. The Balaban J connectivity index is 1.61. The fraction of sp³-hybridized carbons (Fsp3) is 0.476. The molecule has 1 aromatic carbocycles. The highest BCUT2D eigenvalue weighted by atomic mass is 15.4. The van der Waals surface area contributed by atoms with Gasteiger partial charge in [0.25, 0.3) is 0 Å². The van der Waals surface area contributed by atoms with Gasteiger partial charge in [0, 0.05) is 29.0 Å². The van der Waals surface area contributed by atoms with Crippen molar-refractivity contribution in [2.24, 2.45) is 0 Å². The van der Waals surface area contributed by atoms with E-state index in [2.05, 4.69) is 41.7 Å². The van der Waals surface area contributed by atoms with Crippen LogP contribution in [0.1, 0.15) is 38.2 Å². The van der Waals surface area contributed by atoms with Crippen LogP contribution in [0.5, 0.6) is 0 Å². The molecule has 1 saturated carbocycles. The van der Waals surface area contributed by atoms with Crippen molar-refractivity contribution in [1.29, 1.82) is 0 Å². The van der Waals surface area contributed by atoms with Gasteiger partial charge < -0.3 is 21.3 Å². The Kier molecular flexibility index (Phi) is 5.53. The number of nitrogens with zero attached hydrogens (tertiary/aromatic N) is 5. The lowest BCUT2D eigenvalue weighted by atomic mass is 9.91. The maximum absolute atomic E-state index is 5.93. The fourth-order valence-corrected chi connectivity index (χ4v) is 3.98. The van der Waals surface area contributed by atoms with Crippen molar-refractivity contribution in [3.63, 3.8) is 0 Å². The molecule has 2 heterocycles. The largest absolute Gasteiger partial charge is 0.399 e. The van der Waals surface area contributed by atoms with Gasteiger partial charge in [-0.05, 0) is 64.4 Å². The summed E-state index contributed by atoms with van der Waals surface area (Å²) in [6.45, 7) is 2.11. The molecule has 1 aliphatic carbocycles. The van der Waals surface area contributed by atoms with Crippen molar-refractivity contribution in [3.8, 4) is 0 Å². The number of nitrogens with two attached hydrogens (primary N) is 1. The summed E-state index contributed by atoms with van der Waals surface area (Å²) in [5.74, 6) is 1.28. The summed E-state index contributed by atoms with van der Waals surface area (Å²) < 4.78 is 1.76. The molecular formula is C21H30N8. The number of hydrogen-bond donors (Lipinski definition) is 3. The quantitative estimate of drug-likeness (QED) is 0.552. The molecule has 0 saturated heterocycles. The van der Waals surface area contributed by atoms with Crippen LogP contribution in [0, 0.1) is 0 Å². The van der Waals surface area contributed by atoms with Crippen molar-refractivity contribution in [1.82, 2.24) is 24.5 Å². The highest BCUT2D eigenvalue weighted by Crippen LogP contribution is 2.25. The van der Waals surface area contributed by atoms with Crippen LogP contribution >= 0.6 is 0 Å². The summed E-state index contributed by atoms with van der Waals surface area (Å²) in [4.78, 5) is 11.8. The van der Waals surface area contributed by atoms with E-state index in [4.69, 9.17) is 15.7 Å². The second kappa shape index (κ2) is 8.24. The molecule has 4 rings (SSSR count). The molecule has 0 radical (unpaired) electrons. The average Bonchev–Trinajstić information content (AvgIpc) is 3.12. The second-order valence-corrected chi connectivity index (χ2v) is 7.99. The SMILES string of the molecule is CCc1cnn2c(Nc3cccc(N)c3)nc(N[C@H]3CC[C@H](N(C)C)CC3)nc12. The second-order valence-electron chi connectivity index (χ2n) is 7.99. The van der Waals surface area contributed by atoms with E-state index >= 15 is 0 Å². The fourth-order valence-electron chi connectivity index (χ4n) is 3.98. The van der Waals surface area contributed by atoms with Crippen LogP contribution in [-0.4, -0.2) is 50.7 Å². The summed E-state index contributed by atoms with van der Waals surface area (Å²) in [6, 6.07) is 8.68. The number of anilines is 4. The van der Waals surface area contributed by atoms with Crippen molar-refractivity contribution < 1.29 is 0 Å². The first-order valence-corrected chi connectivity index (χ1v) is 10.3. The van der Waals surface area contributed by atoms with Gasteiger partial charge in [0.15, 0.2) is 5.65 Å². The zero-order valence-electron chi connectivity index (χ0n) is 17.4. The molecule has 1 fully saturated rings. The maximum atomic E-state index is 5.93. The highest BCUT2D eigenvalue weighted by Gasteiger charge is 2.23. The van der Waals surface area contributed by atoms with Gasteiger partial charge >= 0.3 is 0 Å². The monoisotopic (exact) mass is 394 g/mol. The molecule has 8 nitrogen and oxygen atoms in total. The Labute approximate surface area is 171 Å². The first kappa shape index (κ1) is 19.4. The van der Waals surface area contributed by atoms with Gasteiger partial charge in [0.2, 0.25) is 11.9 Å². The summed E-state index contributed by atoms with van der Waals surface area (Å²) in [5.41, 5.74) is 9.43. The van der Waals surface area contributed by atoms with Crippen molar-refractivity contribution in [3.05, 3.63) is 36.0 Å². The third-order valence-corrected chi connectivity index (χ3v) is 5.73. The van der Waals surface area contributed by atoms with Gasteiger partial charge in [-0.3, -0.25) is 0 Å². The predicted molar refractivity (Wildman–Crippen MR) is 118 cm³/mol. The Bertz CT molecular complexity index is 972. The number of nitrogen functional groups attached to an aromatic ring is 1. The minimum absolute atomic E-state index is 0.391. The average molecular weight is 395 g/mol. The summed E-state index contributed by atoms with van der Waals surface area (Å²) in [6.07, 6.45) is 7.35. The molecular weight excluding hydrogens is 364 g/mol. The molecule has 1 aliphatic rings. The van der Waals surface area contributed by atoms with Crippen LogP contribution in [0.3, 0.4) is 0 Å². The number of rotatable bonds is 6. The minimum atomic E-state index is 0.391. The topological polar surface area (TPSA) is 96.4 Å². The van der Waals surface area contributed by atoms with Gasteiger partial charge in [0.1, 0.15) is 0 Å². The molecule has 8 heteroatoms. The first-order valence-electron chi connectivity index (χ1n) is 10.3. The molecule has 0 aliphatic heterocycles. The van der Waals surface area contributed by atoms with Crippen molar-refractivity contribution in [2.75, 3.05) is 30.5 Å². The first-order chi connectivity index (χ1) is 14.0. The Hall–Kier alpha value is -2.87. The van der Waals surface area contributed by atoms with Gasteiger partial charge in [-0.2, -0.15) is 19.6 Å². The lowest BCUT2D eigenvalue weighted by Crippen LogP contribution is -2.36. The van der Waals surface area contributed by atoms with Gasteiger partial charge in [0.05, 0.1) is 6.20 Å². The lowest BCUT2D eigenvalue weighted by molar-refractivity contribution is 0.221. The highest BCUT2D eigenvalue weighted by molar-refractivity contribution is 5.63. The number of hydrogen-bond acceptors (Lipinski definition) is 7. The van der Waals surface area contributed by atoms with E-state index in [9.17, 15) is 0 Å². The van der Waals surface area contributed by atoms with Crippen molar-refractivity contribution in [2.45, 2.75) is 51.1 Å².